The van der Waals surface area contributed by atoms with Crippen molar-refractivity contribution < 1.29 is 19.5 Å². The summed E-state index contributed by atoms with van der Waals surface area (Å²) in [6.07, 6.45) is 5.69. The second-order valence-electron chi connectivity index (χ2n) is 10.1. The summed E-state index contributed by atoms with van der Waals surface area (Å²) in [6.45, 7) is 4.90. The molecule has 36 heavy (non-hydrogen) atoms. The number of nitrogens with zero attached hydrogens (tertiary/aromatic N) is 2. The lowest BCUT2D eigenvalue weighted by Crippen LogP contribution is -2.49. The number of hydrogen-bond donors (Lipinski definition) is 1. The minimum absolute atomic E-state index is 0.0107. The van der Waals surface area contributed by atoms with Gasteiger partial charge in [-0.15, -0.1) is 0 Å². The van der Waals surface area contributed by atoms with Gasteiger partial charge >= 0.3 is 5.97 Å². The van der Waals surface area contributed by atoms with Gasteiger partial charge in [-0.1, -0.05) is 43.4 Å². The first kappa shape index (κ1) is 25.4. The Labute approximate surface area is 213 Å². The molecule has 1 N–H and O–H groups in total. The number of benzene rings is 2. The average molecular weight is 501 g/mol. The maximum Gasteiger partial charge on any atom is 0.303 e. The fraction of sp³-hybridized carbons (Fsp3) is 0.276. The van der Waals surface area contributed by atoms with Crippen molar-refractivity contribution in [3.63, 3.8) is 0 Å². The van der Waals surface area contributed by atoms with Crippen LogP contribution in [0.15, 0.2) is 71.5 Å². The van der Waals surface area contributed by atoms with Crippen LogP contribution in [0.2, 0.25) is 13.1 Å². The summed E-state index contributed by atoms with van der Waals surface area (Å²) in [4.78, 5) is 40.6. The summed E-state index contributed by atoms with van der Waals surface area (Å²) in [5, 5.41) is 11.3. The molecule has 1 aliphatic heterocycles. The SMILES string of the molecule is CN(CCCC(=O)O)C(=O)c1ccccc1C1=C2C=CC(=O)C=C2[Si](C)(C)c2cc(N(C)C)ccc21. The van der Waals surface area contributed by atoms with Gasteiger partial charge in [-0.2, -0.15) is 0 Å². The van der Waals surface area contributed by atoms with Crippen LogP contribution in [0, 0.1) is 0 Å². The van der Waals surface area contributed by atoms with Gasteiger partial charge in [0.25, 0.3) is 5.91 Å². The van der Waals surface area contributed by atoms with Crippen LogP contribution in [0.25, 0.3) is 5.57 Å². The zero-order chi connectivity index (χ0) is 26.2. The van der Waals surface area contributed by atoms with Crippen LogP contribution in [0.1, 0.15) is 34.3 Å². The molecule has 0 unspecified atom stereocenters. The van der Waals surface area contributed by atoms with Gasteiger partial charge in [-0.3, -0.25) is 14.4 Å². The molecule has 1 heterocycles. The highest BCUT2D eigenvalue weighted by molar-refractivity contribution is 6.98. The molecule has 2 aromatic carbocycles. The first-order valence-electron chi connectivity index (χ1n) is 12.1. The molecule has 0 fully saturated rings. The Morgan fingerprint density at radius 1 is 0.972 bits per heavy atom. The number of ketones is 1. The first-order chi connectivity index (χ1) is 17.0. The van der Waals surface area contributed by atoms with Crippen LogP contribution >= 0.6 is 0 Å². The largest absolute Gasteiger partial charge is 0.481 e. The average Bonchev–Trinajstić information content (AvgIpc) is 2.84. The molecule has 0 radical (unpaired) electrons. The summed E-state index contributed by atoms with van der Waals surface area (Å²) in [5.74, 6) is -1.04. The molecule has 0 aromatic heterocycles. The summed E-state index contributed by atoms with van der Waals surface area (Å²) in [5.41, 5.74) is 5.53. The van der Waals surface area contributed by atoms with Gasteiger partial charge in [0.2, 0.25) is 0 Å². The molecule has 6 nitrogen and oxygen atoms in total. The molecule has 186 valence electrons. The van der Waals surface area contributed by atoms with Crippen LogP contribution in [-0.2, 0) is 9.59 Å². The third kappa shape index (κ3) is 4.58. The van der Waals surface area contributed by atoms with E-state index in [1.807, 2.05) is 44.4 Å². The molecule has 0 bridgehead atoms. The van der Waals surface area contributed by atoms with Crippen molar-refractivity contribution in [3.8, 4) is 0 Å². The third-order valence-corrected chi connectivity index (χ3v) is 10.6. The quantitative estimate of drug-likeness (QED) is 0.581. The molecule has 4 rings (SSSR count). The first-order valence-corrected chi connectivity index (χ1v) is 15.1. The number of anilines is 1. The number of amides is 1. The molecule has 0 saturated heterocycles. The lowest BCUT2D eigenvalue weighted by molar-refractivity contribution is -0.137. The van der Waals surface area contributed by atoms with E-state index in [4.69, 9.17) is 5.11 Å². The smallest absolute Gasteiger partial charge is 0.303 e. The molecule has 2 aliphatic rings. The molecule has 0 atom stereocenters. The predicted octanol–water partition coefficient (Wildman–Crippen LogP) is 4.02. The summed E-state index contributed by atoms with van der Waals surface area (Å²) in [6, 6.07) is 14.0. The van der Waals surface area contributed by atoms with Gasteiger partial charge in [-0.05, 0) is 69.4 Å². The van der Waals surface area contributed by atoms with Crippen molar-refractivity contribution in [2.45, 2.75) is 25.9 Å². The predicted molar refractivity (Wildman–Crippen MR) is 146 cm³/mol. The van der Waals surface area contributed by atoms with E-state index in [2.05, 4.69) is 36.2 Å². The van der Waals surface area contributed by atoms with E-state index in [0.29, 0.717) is 18.5 Å². The van der Waals surface area contributed by atoms with Crippen LogP contribution < -0.4 is 10.1 Å². The van der Waals surface area contributed by atoms with E-state index in [1.165, 1.54) is 5.19 Å². The van der Waals surface area contributed by atoms with E-state index >= 15 is 0 Å². The molecular formula is C29H32N2O4Si. The van der Waals surface area contributed by atoms with Crippen molar-refractivity contribution in [2.24, 2.45) is 0 Å². The Morgan fingerprint density at radius 3 is 2.39 bits per heavy atom. The zero-order valence-corrected chi connectivity index (χ0v) is 22.5. The molecule has 0 saturated carbocycles. The highest BCUT2D eigenvalue weighted by Gasteiger charge is 2.40. The number of carbonyl (C=O) groups excluding carboxylic acids is 2. The fourth-order valence-corrected chi connectivity index (χ4v) is 8.11. The molecule has 0 spiro atoms. The lowest BCUT2D eigenvalue weighted by atomic mass is 9.87. The Balaban J connectivity index is 1.91. The Hall–Kier alpha value is -3.71. The zero-order valence-electron chi connectivity index (χ0n) is 21.5. The third-order valence-electron chi connectivity index (χ3n) is 7.05. The number of rotatable bonds is 7. The lowest BCUT2D eigenvalue weighted by Gasteiger charge is -2.38. The van der Waals surface area contributed by atoms with Crippen molar-refractivity contribution >= 4 is 42.2 Å². The highest BCUT2D eigenvalue weighted by atomic mass is 28.3. The Morgan fingerprint density at radius 2 is 1.69 bits per heavy atom. The minimum Gasteiger partial charge on any atom is -0.481 e. The number of aliphatic carboxylic acids is 1. The normalized spacial score (nSPS) is 15.7. The molecule has 1 aliphatic carbocycles. The standard InChI is InChI=1S/C29H32N2O4Si/c1-30(2)19-12-14-23-25(17-19)36(4,5)26-18-20(32)13-15-24(26)28(23)21-9-6-7-10-22(21)29(35)31(3)16-8-11-27(33)34/h6-7,9-10,12-15,17-18H,8,11,16H2,1-5H3,(H,33,34). The van der Waals surface area contributed by atoms with Crippen molar-refractivity contribution in [1.82, 2.24) is 4.90 Å². The number of hydrogen-bond acceptors (Lipinski definition) is 4. The molecule has 7 heteroatoms. The number of carboxylic acids is 1. The van der Waals surface area contributed by atoms with E-state index in [-0.39, 0.29) is 18.1 Å². The number of carbonyl (C=O) groups is 3. The van der Waals surface area contributed by atoms with Crippen LogP contribution in [0.5, 0.6) is 0 Å². The van der Waals surface area contributed by atoms with Gasteiger partial charge in [-0.25, -0.2) is 0 Å². The monoisotopic (exact) mass is 500 g/mol. The topological polar surface area (TPSA) is 77.9 Å². The Kier molecular flexibility index (Phi) is 6.87. The van der Waals surface area contributed by atoms with Gasteiger partial charge in [0, 0.05) is 45.4 Å². The summed E-state index contributed by atoms with van der Waals surface area (Å²) in [7, 11) is 3.53. The van der Waals surface area contributed by atoms with E-state index in [1.54, 1.807) is 24.1 Å². The van der Waals surface area contributed by atoms with Crippen LogP contribution in [0.4, 0.5) is 5.69 Å². The number of carboxylic acid groups (broad SMARTS) is 1. The fourth-order valence-electron chi connectivity index (χ4n) is 5.05. The maximum atomic E-state index is 13.5. The summed E-state index contributed by atoms with van der Waals surface area (Å²) < 4.78 is 0. The second-order valence-corrected chi connectivity index (χ2v) is 14.4. The van der Waals surface area contributed by atoms with Gasteiger partial charge < -0.3 is 14.9 Å². The van der Waals surface area contributed by atoms with Gasteiger partial charge in [0.1, 0.15) is 8.07 Å². The van der Waals surface area contributed by atoms with Gasteiger partial charge in [0.05, 0.1) is 0 Å². The van der Waals surface area contributed by atoms with E-state index in [0.717, 1.165) is 33.2 Å². The van der Waals surface area contributed by atoms with Crippen LogP contribution in [-0.4, -0.2) is 63.4 Å². The van der Waals surface area contributed by atoms with Gasteiger partial charge in [0.15, 0.2) is 5.78 Å². The highest BCUT2D eigenvalue weighted by Crippen LogP contribution is 2.42. The van der Waals surface area contributed by atoms with Crippen molar-refractivity contribution in [3.05, 3.63) is 88.2 Å². The molecule has 2 aromatic rings. The van der Waals surface area contributed by atoms with Crippen molar-refractivity contribution in [2.75, 3.05) is 32.6 Å². The number of allylic oxidation sites excluding steroid dienone is 5. The Bertz CT molecular complexity index is 1350. The van der Waals surface area contributed by atoms with E-state index in [9.17, 15) is 14.4 Å². The molecular weight excluding hydrogens is 468 g/mol. The molecule has 1 amide bonds. The second kappa shape index (κ2) is 9.74. The van der Waals surface area contributed by atoms with Crippen molar-refractivity contribution in [1.29, 1.82) is 0 Å². The van der Waals surface area contributed by atoms with E-state index < -0.39 is 14.0 Å². The maximum absolute atomic E-state index is 13.5. The van der Waals surface area contributed by atoms with Crippen LogP contribution in [0.3, 0.4) is 0 Å². The number of fused-ring (bicyclic) bond motifs is 2. The minimum atomic E-state index is -2.21. The summed E-state index contributed by atoms with van der Waals surface area (Å²) >= 11 is 0.